The molecular formula is C12H16N2. The van der Waals surface area contributed by atoms with Gasteiger partial charge in [-0.05, 0) is 30.5 Å². The van der Waals surface area contributed by atoms with E-state index in [0.717, 1.165) is 0 Å². The third-order valence-electron chi connectivity index (χ3n) is 2.64. The van der Waals surface area contributed by atoms with Crippen molar-refractivity contribution in [3.8, 4) is 0 Å². The van der Waals surface area contributed by atoms with E-state index in [1.54, 1.807) is 7.05 Å². The summed E-state index contributed by atoms with van der Waals surface area (Å²) in [5, 5.41) is 0. The van der Waals surface area contributed by atoms with Gasteiger partial charge in [0, 0.05) is 32.0 Å². The lowest BCUT2D eigenvalue weighted by molar-refractivity contribution is 0.949. The van der Waals surface area contributed by atoms with E-state index in [9.17, 15) is 0 Å². The lowest BCUT2D eigenvalue weighted by Gasteiger charge is -2.17. The van der Waals surface area contributed by atoms with Crippen molar-refractivity contribution in [3.63, 3.8) is 0 Å². The molecule has 0 aliphatic carbocycles. The molecule has 1 aliphatic heterocycles. The van der Waals surface area contributed by atoms with Gasteiger partial charge in [0.2, 0.25) is 0 Å². The molecule has 0 amide bonds. The first-order chi connectivity index (χ1) is 6.90. The highest BCUT2D eigenvalue weighted by atomic mass is 15.1. The van der Waals surface area contributed by atoms with Gasteiger partial charge in [0.1, 0.15) is 0 Å². The Morgan fingerprint density at radius 1 is 1.14 bits per heavy atom. The molecule has 0 bridgehead atoms. The van der Waals surface area contributed by atoms with E-state index in [0.29, 0.717) is 0 Å². The van der Waals surface area contributed by atoms with E-state index in [4.69, 9.17) is 0 Å². The zero-order chi connectivity index (χ0) is 9.80. The molecule has 74 valence electrons. The van der Waals surface area contributed by atoms with Gasteiger partial charge in [0.25, 0.3) is 0 Å². The number of hydrogen-bond acceptors (Lipinski definition) is 2. The van der Waals surface area contributed by atoms with Gasteiger partial charge in [-0.3, -0.25) is 4.99 Å². The number of benzene rings is 1. The molecule has 0 unspecified atom stereocenters. The van der Waals surface area contributed by atoms with Crippen LogP contribution in [0.5, 0.6) is 0 Å². The first-order valence-electron chi connectivity index (χ1n) is 5.17. The lowest BCUT2D eigenvalue weighted by Crippen LogP contribution is -2.17. The minimum atomic E-state index is 1.18. The van der Waals surface area contributed by atoms with Crippen LogP contribution in [0.1, 0.15) is 18.4 Å². The SMILES string of the molecule is CN=Cc1ccc(N2CCCC2)cc1. The van der Waals surface area contributed by atoms with Crippen molar-refractivity contribution >= 4 is 11.9 Å². The van der Waals surface area contributed by atoms with Gasteiger partial charge < -0.3 is 4.90 Å². The molecule has 2 nitrogen and oxygen atoms in total. The molecule has 1 aliphatic rings. The third-order valence-corrected chi connectivity index (χ3v) is 2.64. The van der Waals surface area contributed by atoms with Crippen molar-refractivity contribution in [1.82, 2.24) is 0 Å². The molecule has 1 fully saturated rings. The molecular weight excluding hydrogens is 172 g/mol. The summed E-state index contributed by atoms with van der Waals surface area (Å²) in [5.74, 6) is 0. The Labute approximate surface area is 85.3 Å². The van der Waals surface area contributed by atoms with Crippen LogP contribution in [-0.4, -0.2) is 26.4 Å². The van der Waals surface area contributed by atoms with Crippen LogP contribution >= 0.6 is 0 Å². The highest BCUT2D eigenvalue weighted by Gasteiger charge is 2.11. The number of aliphatic imine (C=N–C) groups is 1. The molecule has 0 aromatic heterocycles. The zero-order valence-electron chi connectivity index (χ0n) is 8.61. The zero-order valence-corrected chi connectivity index (χ0v) is 8.61. The standard InChI is InChI=1S/C12H16N2/c1-13-10-11-4-6-12(7-5-11)14-8-2-3-9-14/h4-7,10H,2-3,8-9H2,1H3. The maximum atomic E-state index is 3.99. The van der Waals surface area contributed by atoms with Crippen molar-refractivity contribution in [2.24, 2.45) is 4.99 Å². The maximum Gasteiger partial charge on any atom is 0.0366 e. The topological polar surface area (TPSA) is 15.6 Å². The lowest BCUT2D eigenvalue weighted by atomic mass is 10.2. The summed E-state index contributed by atoms with van der Waals surface area (Å²) in [6.07, 6.45) is 4.55. The summed E-state index contributed by atoms with van der Waals surface area (Å²) in [4.78, 5) is 6.43. The van der Waals surface area contributed by atoms with Gasteiger partial charge in [-0.1, -0.05) is 12.1 Å². The Balaban J connectivity index is 2.12. The summed E-state index contributed by atoms with van der Waals surface area (Å²) >= 11 is 0. The van der Waals surface area contributed by atoms with Gasteiger partial charge in [-0.25, -0.2) is 0 Å². The van der Waals surface area contributed by atoms with Crippen molar-refractivity contribution in [1.29, 1.82) is 0 Å². The first-order valence-corrected chi connectivity index (χ1v) is 5.17. The van der Waals surface area contributed by atoms with E-state index in [2.05, 4.69) is 34.2 Å². The molecule has 0 saturated carbocycles. The molecule has 1 heterocycles. The second kappa shape index (κ2) is 4.27. The molecule has 2 rings (SSSR count). The van der Waals surface area contributed by atoms with E-state index in [-0.39, 0.29) is 0 Å². The Bertz CT molecular complexity index is 308. The predicted octanol–water partition coefficient (Wildman–Crippen LogP) is 2.34. The second-order valence-corrected chi connectivity index (χ2v) is 3.67. The predicted molar refractivity (Wildman–Crippen MR) is 61.4 cm³/mol. The quantitative estimate of drug-likeness (QED) is 0.650. The van der Waals surface area contributed by atoms with Crippen LogP contribution in [0, 0.1) is 0 Å². The van der Waals surface area contributed by atoms with Crippen molar-refractivity contribution in [2.75, 3.05) is 25.0 Å². The fourth-order valence-electron chi connectivity index (χ4n) is 1.90. The van der Waals surface area contributed by atoms with E-state index in [1.807, 2.05) is 6.21 Å². The smallest absolute Gasteiger partial charge is 0.0366 e. The Morgan fingerprint density at radius 2 is 1.79 bits per heavy atom. The highest BCUT2D eigenvalue weighted by Crippen LogP contribution is 2.19. The molecule has 14 heavy (non-hydrogen) atoms. The molecule has 0 spiro atoms. The molecule has 0 atom stereocenters. The summed E-state index contributed by atoms with van der Waals surface area (Å²) in [6.45, 7) is 2.42. The number of hydrogen-bond donors (Lipinski definition) is 0. The van der Waals surface area contributed by atoms with Crippen LogP contribution < -0.4 is 4.90 Å². The van der Waals surface area contributed by atoms with Crippen molar-refractivity contribution in [3.05, 3.63) is 29.8 Å². The minimum absolute atomic E-state index is 1.18. The fourth-order valence-corrected chi connectivity index (χ4v) is 1.90. The Kier molecular flexibility index (Phi) is 2.82. The van der Waals surface area contributed by atoms with Crippen molar-refractivity contribution < 1.29 is 0 Å². The molecule has 0 radical (unpaired) electrons. The molecule has 2 heteroatoms. The van der Waals surface area contributed by atoms with Gasteiger partial charge in [-0.2, -0.15) is 0 Å². The minimum Gasteiger partial charge on any atom is -0.372 e. The highest BCUT2D eigenvalue weighted by molar-refractivity contribution is 5.80. The average molecular weight is 188 g/mol. The normalized spacial score (nSPS) is 16.8. The molecule has 0 N–H and O–H groups in total. The Morgan fingerprint density at radius 3 is 2.36 bits per heavy atom. The number of nitrogens with zero attached hydrogens (tertiary/aromatic N) is 2. The third kappa shape index (κ3) is 1.95. The van der Waals surface area contributed by atoms with Gasteiger partial charge in [-0.15, -0.1) is 0 Å². The van der Waals surface area contributed by atoms with E-state index in [1.165, 1.54) is 37.2 Å². The van der Waals surface area contributed by atoms with Crippen LogP contribution in [0.3, 0.4) is 0 Å². The number of anilines is 1. The van der Waals surface area contributed by atoms with Crippen LogP contribution in [0.15, 0.2) is 29.3 Å². The summed E-state index contributed by atoms with van der Waals surface area (Å²) in [7, 11) is 1.80. The van der Waals surface area contributed by atoms with Crippen LogP contribution in [0.4, 0.5) is 5.69 Å². The average Bonchev–Trinajstić information content (AvgIpc) is 2.72. The van der Waals surface area contributed by atoms with Crippen LogP contribution in [0.25, 0.3) is 0 Å². The van der Waals surface area contributed by atoms with Crippen molar-refractivity contribution in [2.45, 2.75) is 12.8 Å². The molecule has 1 aromatic carbocycles. The maximum absolute atomic E-state index is 3.99. The second-order valence-electron chi connectivity index (χ2n) is 3.67. The first kappa shape index (κ1) is 9.25. The summed E-state index contributed by atoms with van der Waals surface area (Å²) < 4.78 is 0. The Hall–Kier alpha value is -1.31. The molecule has 1 aromatic rings. The summed E-state index contributed by atoms with van der Waals surface area (Å²) in [6, 6.07) is 8.62. The van der Waals surface area contributed by atoms with Gasteiger partial charge in [0.15, 0.2) is 0 Å². The van der Waals surface area contributed by atoms with Crippen LogP contribution in [0.2, 0.25) is 0 Å². The van der Waals surface area contributed by atoms with E-state index < -0.39 is 0 Å². The summed E-state index contributed by atoms with van der Waals surface area (Å²) in [5.41, 5.74) is 2.52. The molecule has 1 saturated heterocycles. The number of rotatable bonds is 2. The monoisotopic (exact) mass is 188 g/mol. The van der Waals surface area contributed by atoms with Gasteiger partial charge in [0.05, 0.1) is 0 Å². The fraction of sp³-hybridized carbons (Fsp3) is 0.417. The van der Waals surface area contributed by atoms with Crippen LogP contribution in [-0.2, 0) is 0 Å². The largest absolute Gasteiger partial charge is 0.372 e. The van der Waals surface area contributed by atoms with E-state index >= 15 is 0 Å². The van der Waals surface area contributed by atoms with Gasteiger partial charge >= 0.3 is 0 Å².